The van der Waals surface area contributed by atoms with Gasteiger partial charge in [0.1, 0.15) is 5.82 Å². The van der Waals surface area contributed by atoms with Crippen LogP contribution in [0.2, 0.25) is 0 Å². The lowest BCUT2D eigenvalue weighted by molar-refractivity contribution is 0.0370. The molecule has 0 aromatic heterocycles. The minimum Gasteiger partial charge on any atom is -0.379 e. The summed E-state index contributed by atoms with van der Waals surface area (Å²) in [4.78, 5) is 13.8. The number of hydrogen-bond donors (Lipinski definition) is 0. The van der Waals surface area contributed by atoms with Crippen LogP contribution in [0.3, 0.4) is 0 Å². The Kier molecular flexibility index (Phi) is 3.64. The summed E-state index contributed by atoms with van der Waals surface area (Å²) in [6.07, 6.45) is 0. The fourth-order valence-corrected chi connectivity index (χ4v) is 1.73. The summed E-state index contributed by atoms with van der Waals surface area (Å²) in [5.41, 5.74) is 0.175. The smallest absolute Gasteiger partial charge is 0.179 e. The summed E-state index contributed by atoms with van der Waals surface area (Å²) in [5.74, 6) is -0.610. The van der Waals surface area contributed by atoms with E-state index in [1.165, 1.54) is 12.1 Å². The third-order valence-corrected chi connectivity index (χ3v) is 2.65. The second-order valence-corrected chi connectivity index (χ2v) is 3.79. The number of benzene rings is 1. The van der Waals surface area contributed by atoms with Crippen molar-refractivity contribution in [3.63, 3.8) is 0 Å². The Hall–Kier alpha value is -1.26. The highest BCUT2D eigenvalue weighted by Crippen LogP contribution is 2.08. The molecule has 0 bridgehead atoms. The predicted octanol–water partition coefficient (Wildman–Crippen LogP) is 1.34. The van der Waals surface area contributed by atoms with E-state index in [4.69, 9.17) is 4.74 Å². The van der Waals surface area contributed by atoms with Gasteiger partial charge in [-0.05, 0) is 12.1 Å². The molecule has 16 heavy (non-hydrogen) atoms. The minimum atomic E-state index is -0.444. The van der Waals surface area contributed by atoms with E-state index in [-0.39, 0.29) is 17.9 Å². The number of ether oxygens (including phenoxy) is 1. The van der Waals surface area contributed by atoms with Crippen LogP contribution < -0.4 is 0 Å². The van der Waals surface area contributed by atoms with E-state index in [2.05, 4.69) is 0 Å². The molecular weight excluding hydrogens is 209 g/mol. The van der Waals surface area contributed by atoms with Crippen LogP contribution in [0, 0.1) is 5.82 Å². The number of morpholine rings is 1. The topological polar surface area (TPSA) is 29.5 Å². The molecule has 2 rings (SSSR count). The highest BCUT2D eigenvalue weighted by atomic mass is 19.1. The molecule has 3 nitrogen and oxygen atoms in total. The number of Topliss-reactive ketones (excluding diaryl/α,β-unsaturated/α-hetero) is 1. The molecule has 1 aromatic rings. The average molecular weight is 223 g/mol. The van der Waals surface area contributed by atoms with Gasteiger partial charge in [0.05, 0.1) is 25.3 Å². The second-order valence-electron chi connectivity index (χ2n) is 3.79. The maximum Gasteiger partial charge on any atom is 0.179 e. The van der Waals surface area contributed by atoms with Gasteiger partial charge in [0.15, 0.2) is 5.78 Å². The summed E-state index contributed by atoms with van der Waals surface area (Å²) < 4.78 is 18.5. The third kappa shape index (κ3) is 2.65. The first-order valence-corrected chi connectivity index (χ1v) is 5.35. The monoisotopic (exact) mass is 223 g/mol. The first kappa shape index (κ1) is 11.2. The second kappa shape index (κ2) is 5.18. The number of nitrogens with zero attached hydrogens (tertiary/aromatic N) is 1. The summed E-state index contributed by atoms with van der Waals surface area (Å²) >= 11 is 0. The van der Waals surface area contributed by atoms with Crippen molar-refractivity contribution in [2.24, 2.45) is 0 Å². The predicted molar refractivity (Wildman–Crippen MR) is 58.0 cm³/mol. The fourth-order valence-electron chi connectivity index (χ4n) is 1.73. The molecule has 1 aromatic carbocycles. The van der Waals surface area contributed by atoms with Gasteiger partial charge in [0, 0.05) is 13.1 Å². The number of halogens is 1. The van der Waals surface area contributed by atoms with E-state index in [0.717, 1.165) is 13.1 Å². The van der Waals surface area contributed by atoms with Crippen molar-refractivity contribution < 1.29 is 13.9 Å². The molecule has 1 heterocycles. The van der Waals surface area contributed by atoms with Crippen LogP contribution in [-0.2, 0) is 4.74 Å². The Morgan fingerprint density at radius 3 is 2.69 bits per heavy atom. The van der Waals surface area contributed by atoms with E-state index in [1.54, 1.807) is 12.1 Å². The van der Waals surface area contributed by atoms with Crippen molar-refractivity contribution in [3.05, 3.63) is 35.6 Å². The quantitative estimate of drug-likeness (QED) is 0.724. The van der Waals surface area contributed by atoms with Gasteiger partial charge >= 0.3 is 0 Å². The molecule has 1 aliphatic heterocycles. The lowest BCUT2D eigenvalue weighted by Gasteiger charge is -2.25. The molecule has 0 amide bonds. The molecule has 1 saturated heterocycles. The summed E-state index contributed by atoms with van der Waals surface area (Å²) in [5, 5.41) is 0. The van der Waals surface area contributed by atoms with Gasteiger partial charge in [-0.2, -0.15) is 0 Å². The molecule has 0 atom stereocenters. The third-order valence-electron chi connectivity index (χ3n) is 2.65. The minimum absolute atomic E-state index is 0.167. The molecule has 0 unspecified atom stereocenters. The Labute approximate surface area is 93.8 Å². The fraction of sp³-hybridized carbons (Fsp3) is 0.417. The van der Waals surface area contributed by atoms with E-state index >= 15 is 0 Å². The van der Waals surface area contributed by atoms with Gasteiger partial charge in [0.25, 0.3) is 0 Å². The maximum atomic E-state index is 13.3. The van der Waals surface area contributed by atoms with Crippen LogP contribution >= 0.6 is 0 Å². The van der Waals surface area contributed by atoms with Crippen LogP contribution in [0.25, 0.3) is 0 Å². The molecule has 0 N–H and O–H groups in total. The first-order chi connectivity index (χ1) is 7.77. The van der Waals surface area contributed by atoms with E-state index in [0.29, 0.717) is 13.2 Å². The van der Waals surface area contributed by atoms with Crippen LogP contribution in [0.15, 0.2) is 24.3 Å². The first-order valence-electron chi connectivity index (χ1n) is 5.35. The summed E-state index contributed by atoms with van der Waals surface area (Å²) in [6.45, 7) is 3.03. The van der Waals surface area contributed by atoms with Gasteiger partial charge < -0.3 is 4.74 Å². The number of rotatable bonds is 3. The zero-order valence-electron chi connectivity index (χ0n) is 8.99. The largest absolute Gasteiger partial charge is 0.379 e. The number of carbonyl (C=O) groups is 1. The molecule has 1 fully saturated rings. The molecule has 4 heteroatoms. The Bertz CT molecular complexity index is 375. The van der Waals surface area contributed by atoms with Gasteiger partial charge in [-0.15, -0.1) is 0 Å². The van der Waals surface area contributed by atoms with Crippen molar-refractivity contribution in [1.82, 2.24) is 4.90 Å². The van der Waals surface area contributed by atoms with Gasteiger partial charge in [-0.1, -0.05) is 12.1 Å². The average Bonchev–Trinajstić information content (AvgIpc) is 2.31. The molecule has 86 valence electrons. The van der Waals surface area contributed by atoms with Crippen molar-refractivity contribution >= 4 is 5.78 Å². The summed E-state index contributed by atoms with van der Waals surface area (Å²) in [7, 11) is 0. The van der Waals surface area contributed by atoms with E-state index in [9.17, 15) is 9.18 Å². The van der Waals surface area contributed by atoms with Gasteiger partial charge in [0.2, 0.25) is 0 Å². The highest BCUT2D eigenvalue weighted by Gasteiger charge is 2.17. The van der Waals surface area contributed by atoms with Gasteiger partial charge in [-0.3, -0.25) is 9.69 Å². The molecule has 0 spiro atoms. The summed E-state index contributed by atoms with van der Waals surface area (Å²) in [6, 6.07) is 6.10. The Balaban J connectivity index is 2.00. The molecule has 0 aliphatic carbocycles. The molecular formula is C12H14FNO2. The van der Waals surface area contributed by atoms with Crippen LogP contribution in [-0.4, -0.2) is 43.5 Å². The standard InChI is InChI=1S/C12H14FNO2/c13-11-4-2-1-3-10(11)12(15)9-14-5-7-16-8-6-14/h1-4H,5-9H2. The van der Waals surface area contributed by atoms with Crippen LogP contribution in [0.4, 0.5) is 4.39 Å². The molecule has 1 aliphatic rings. The van der Waals surface area contributed by atoms with Gasteiger partial charge in [-0.25, -0.2) is 4.39 Å². The van der Waals surface area contributed by atoms with E-state index < -0.39 is 5.82 Å². The number of hydrogen-bond acceptors (Lipinski definition) is 3. The SMILES string of the molecule is O=C(CN1CCOCC1)c1ccccc1F. The number of carbonyl (C=O) groups excluding carboxylic acids is 1. The number of ketones is 1. The lowest BCUT2D eigenvalue weighted by Crippen LogP contribution is -2.39. The zero-order valence-corrected chi connectivity index (χ0v) is 8.99. The van der Waals surface area contributed by atoms with Crippen molar-refractivity contribution in [2.75, 3.05) is 32.8 Å². The molecule has 0 radical (unpaired) electrons. The molecule has 0 saturated carbocycles. The van der Waals surface area contributed by atoms with Crippen LogP contribution in [0.5, 0.6) is 0 Å². The highest BCUT2D eigenvalue weighted by molar-refractivity contribution is 5.97. The van der Waals surface area contributed by atoms with E-state index in [1.807, 2.05) is 4.90 Å². The zero-order chi connectivity index (χ0) is 11.4. The maximum absolute atomic E-state index is 13.3. The van der Waals surface area contributed by atoms with Crippen molar-refractivity contribution in [1.29, 1.82) is 0 Å². The Morgan fingerprint density at radius 2 is 2.00 bits per heavy atom. The van der Waals surface area contributed by atoms with Crippen molar-refractivity contribution in [2.45, 2.75) is 0 Å². The normalized spacial score (nSPS) is 17.3. The lowest BCUT2D eigenvalue weighted by atomic mass is 10.1. The Morgan fingerprint density at radius 1 is 1.31 bits per heavy atom. The van der Waals surface area contributed by atoms with Crippen molar-refractivity contribution in [3.8, 4) is 0 Å². The van der Waals surface area contributed by atoms with Crippen LogP contribution in [0.1, 0.15) is 10.4 Å².